The van der Waals surface area contributed by atoms with Gasteiger partial charge in [-0.05, 0) is 28.1 Å². The van der Waals surface area contributed by atoms with Gasteiger partial charge in [0.05, 0.1) is 22.5 Å². The zero-order chi connectivity index (χ0) is 21.6. The largest absolute Gasteiger partial charge is 0.371 e. The van der Waals surface area contributed by atoms with Crippen molar-refractivity contribution < 1.29 is 14.5 Å². The maximum absolute atomic E-state index is 12.1. The van der Waals surface area contributed by atoms with E-state index >= 15 is 0 Å². The van der Waals surface area contributed by atoms with E-state index in [0.717, 1.165) is 41.2 Å². The van der Waals surface area contributed by atoms with Crippen LogP contribution >= 0.6 is 11.3 Å². The summed E-state index contributed by atoms with van der Waals surface area (Å²) in [5.74, 6) is -0.0310. The number of benzene rings is 2. The van der Waals surface area contributed by atoms with Crippen molar-refractivity contribution in [1.82, 2.24) is 10.2 Å². The van der Waals surface area contributed by atoms with Crippen LogP contribution in [0.25, 0.3) is 11.1 Å². The molecule has 1 unspecified atom stereocenters. The van der Waals surface area contributed by atoms with Crippen molar-refractivity contribution in [1.29, 1.82) is 0 Å². The van der Waals surface area contributed by atoms with Gasteiger partial charge in [0.25, 0.3) is 11.6 Å². The van der Waals surface area contributed by atoms with Crippen LogP contribution in [0.5, 0.6) is 0 Å². The number of nitro groups is 1. The van der Waals surface area contributed by atoms with Gasteiger partial charge in [0.1, 0.15) is 0 Å². The fraction of sp³-hybridized carbons (Fsp3) is 0.261. The minimum Gasteiger partial charge on any atom is -0.371 e. The van der Waals surface area contributed by atoms with E-state index in [9.17, 15) is 14.9 Å². The summed E-state index contributed by atoms with van der Waals surface area (Å²) in [5.41, 5.74) is 2.89. The lowest BCUT2D eigenvalue weighted by Gasteiger charge is -2.33. The number of thiophene rings is 1. The first kappa shape index (κ1) is 21.2. The molecule has 0 spiro atoms. The van der Waals surface area contributed by atoms with Crippen LogP contribution in [-0.4, -0.2) is 48.5 Å². The molecule has 1 aromatic heterocycles. The van der Waals surface area contributed by atoms with E-state index in [2.05, 4.69) is 10.2 Å². The number of morpholine rings is 1. The number of non-ortho nitro benzene ring substituents is 1. The van der Waals surface area contributed by atoms with Gasteiger partial charge in [-0.3, -0.25) is 19.8 Å². The smallest absolute Gasteiger partial charge is 0.270 e. The highest BCUT2D eigenvalue weighted by atomic mass is 32.1. The van der Waals surface area contributed by atoms with Crippen molar-refractivity contribution in [3.63, 3.8) is 0 Å². The number of carbonyl (C=O) groups excluding carboxylic acids is 1. The number of nitrogens with one attached hydrogen (secondary N) is 1. The molecule has 3 aromatic rings. The molecule has 8 heteroatoms. The fourth-order valence-corrected chi connectivity index (χ4v) is 4.26. The maximum Gasteiger partial charge on any atom is 0.270 e. The van der Waals surface area contributed by atoms with E-state index in [4.69, 9.17) is 4.74 Å². The lowest BCUT2D eigenvalue weighted by Crippen LogP contribution is -2.42. The second-order valence-corrected chi connectivity index (χ2v) is 8.27. The molecule has 1 aliphatic rings. The van der Waals surface area contributed by atoms with Crippen LogP contribution in [-0.2, 0) is 4.74 Å². The molecule has 1 N–H and O–H groups in total. The average Bonchev–Trinajstić information content (AvgIpc) is 3.35. The number of ether oxygens (including phenoxy) is 1. The van der Waals surface area contributed by atoms with Crippen molar-refractivity contribution in [3.8, 4) is 11.1 Å². The van der Waals surface area contributed by atoms with Crippen LogP contribution < -0.4 is 5.32 Å². The Kier molecular flexibility index (Phi) is 6.71. The zero-order valence-corrected chi connectivity index (χ0v) is 17.7. The highest BCUT2D eigenvalue weighted by Crippen LogP contribution is 2.27. The van der Waals surface area contributed by atoms with Gasteiger partial charge < -0.3 is 10.1 Å². The molecule has 2 aromatic carbocycles. The van der Waals surface area contributed by atoms with Crippen LogP contribution in [0.1, 0.15) is 21.3 Å². The second kappa shape index (κ2) is 9.82. The first-order valence-electron chi connectivity index (χ1n) is 10.1. The minimum absolute atomic E-state index is 0.0310. The zero-order valence-electron chi connectivity index (χ0n) is 16.9. The van der Waals surface area contributed by atoms with E-state index in [1.54, 1.807) is 12.1 Å². The Morgan fingerprint density at radius 1 is 1.16 bits per heavy atom. The average molecular weight is 438 g/mol. The molecule has 1 atom stereocenters. The molecule has 7 nitrogen and oxygen atoms in total. The van der Waals surface area contributed by atoms with Crippen molar-refractivity contribution >= 4 is 22.9 Å². The maximum atomic E-state index is 12.1. The second-order valence-electron chi connectivity index (χ2n) is 7.32. The van der Waals surface area contributed by atoms with Crippen molar-refractivity contribution in [3.05, 3.63) is 86.6 Å². The first-order chi connectivity index (χ1) is 15.1. The van der Waals surface area contributed by atoms with E-state index < -0.39 is 0 Å². The predicted molar refractivity (Wildman–Crippen MR) is 120 cm³/mol. The lowest BCUT2D eigenvalue weighted by atomic mass is 10.0. The molecule has 0 radical (unpaired) electrons. The molecule has 0 saturated carbocycles. The highest BCUT2D eigenvalue weighted by Gasteiger charge is 2.22. The van der Waals surface area contributed by atoms with Gasteiger partial charge in [0.15, 0.2) is 0 Å². The van der Waals surface area contributed by atoms with Gasteiger partial charge in [0.2, 0.25) is 0 Å². The third-order valence-electron chi connectivity index (χ3n) is 5.28. The quantitative estimate of drug-likeness (QED) is 0.444. The molecular weight excluding hydrogens is 414 g/mol. The summed E-state index contributed by atoms with van der Waals surface area (Å²) in [4.78, 5) is 25.7. The Hall–Kier alpha value is -3.07. The van der Waals surface area contributed by atoms with Crippen LogP contribution in [0, 0.1) is 10.1 Å². The van der Waals surface area contributed by atoms with E-state index in [1.807, 2.05) is 47.8 Å². The van der Waals surface area contributed by atoms with Crippen molar-refractivity contribution in [2.75, 3.05) is 32.8 Å². The summed E-state index contributed by atoms with van der Waals surface area (Å²) in [6.45, 7) is 3.58. The monoisotopic (exact) mass is 437 g/mol. The Labute approximate surface area is 184 Å². The Morgan fingerprint density at radius 3 is 2.74 bits per heavy atom. The number of rotatable bonds is 7. The van der Waals surface area contributed by atoms with Gasteiger partial charge in [-0.25, -0.2) is 0 Å². The van der Waals surface area contributed by atoms with Crippen LogP contribution in [0.4, 0.5) is 5.69 Å². The molecule has 2 heterocycles. The molecule has 160 valence electrons. The van der Waals surface area contributed by atoms with Gasteiger partial charge in [-0.1, -0.05) is 42.5 Å². The van der Waals surface area contributed by atoms with E-state index in [-0.39, 0.29) is 22.6 Å². The number of nitrogens with zero attached hydrogens (tertiary/aromatic N) is 2. The number of nitro benzene ring substituents is 1. The SMILES string of the molecule is O=C(NCCN1CCOC(c2ccc(-c3cccc([N+](=O)[O-])c3)cc2)C1)c1cccs1. The number of amides is 1. The summed E-state index contributed by atoms with van der Waals surface area (Å²) in [6.07, 6.45) is -0.0408. The predicted octanol–water partition coefficient (Wildman–Crippen LogP) is 4.13. The summed E-state index contributed by atoms with van der Waals surface area (Å²) < 4.78 is 5.96. The molecule has 1 aliphatic heterocycles. The molecule has 1 fully saturated rings. The summed E-state index contributed by atoms with van der Waals surface area (Å²) in [6, 6.07) is 18.3. The lowest BCUT2D eigenvalue weighted by molar-refractivity contribution is -0.384. The first-order valence-corrected chi connectivity index (χ1v) is 11.0. The summed E-state index contributed by atoms with van der Waals surface area (Å²) in [7, 11) is 0. The standard InChI is InChI=1S/C23H23N3O4S/c27-23(22-5-2-14-31-22)24-10-11-25-12-13-30-21(16-25)18-8-6-17(7-9-18)19-3-1-4-20(15-19)26(28)29/h1-9,14-15,21H,10-13,16H2,(H,24,27). The van der Waals surface area contributed by atoms with Crippen LogP contribution in [0.2, 0.25) is 0 Å². The van der Waals surface area contributed by atoms with E-state index in [0.29, 0.717) is 13.2 Å². The Morgan fingerprint density at radius 2 is 2.00 bits per heavy atom. The van der Waals surface area contributed by atoms with Gasteiger partial charge in [-0.2, -0.15) is 0 Å². The summed E-state index contributed by atoms with van der Waals surface area (Å²) >= 11 is 1.44. The van der Waals surface area contributed by atoms with Crippen molar-refractivity contribution in [2.24, 2.45) is 0 Å². The number of hydrogen-bond donors (Lipinski definition) is 1. The fourth-order valence-electron chi connectivity index (χ4n) is 3.62. The normalized spacial score (nSPS) is 16.7. The van der Waals surface area contributed by atoms with Gasteiger partial charge in [-0.15, -0.1) is 11.3 Å². The molecule has 1 amide bonds. The molecule has 0 aliphatic carbocycles. The summed E-state index contributed by atoms with van der Waals surface area (Å²) in [5, 5.41) is 15.9. The molecule has 31 heavy (non-hydrogen) atoms. The highest BCUT2D eigenvalue weighted by molar-refractivity contribution is 7.12. The van der Waals surface area contributed by atoms with Crippen LogP contribution in [0.3, 0.4) is 0 Å². The number of carbonyl (C=O) groups is 1. The molecule has 4 rings (SSSR count). The van der Waals surface area contributed by atoms with E-state index in [1.165, 1.54) is 17.4 Å². The molecule has 0 bridgehead atoms. The number of hydrogen-bond acceptors (Lipinski definition) is 6. The third-order valence-corrected chi connectivity index (χ3v) is 6.15. The Balaban J connectivity index is 1.33. The van der Waals surface area contributed by atoms with Gasteiger partial charge in [0, 0.05) is 38.3 Å². The van der Waals surface area contributed by atoms with Crippen molar-refractivity contribution in [2.45, 2.75) is 6.10 Å². The molecule has 1 saturated heterocycles. The third kappa shape index (κ3) is 5.35. The van der Waals surface area contributed by atoms with Crippen LogP contribution in [0.15, 0.2) is 66.0 Å². The molecular formula is C23H23N3O4S. The topological polar surface area (TPSA) is 84.7 Å². The Bertz CT molecular complexity index is 1040. The minimum atomic E-state index is -0.384. The van der Waals surface area contributed by atoms with Gasteiger partial charge >= 0.3 is 0 Å².